The van der Waals surface area contributed by atoms with E-state index in [0.29, 0.717) is 0 Å². The molecule has 0 atom stereocenters. The van der Waals surface area contributed by atoms with Gasteiger partial charge in [0.1, 0.15) is 0 Å². The zero-order valence-electron chi connectivity index (χ0n) is 8.85. The number of Topliss-reactive ketones (excluding diaryl/α,β-unsaturated/α-hetero) is 1. The van der Waals surface area contributed by atoms with Gasteiger partial charge >= 0.3 is 0 Å². The summed E-state index contributed by atoms with van der Waals surface area (Å²) in [7, 11) is -3.73. The van der Waals surface area contributed by atoms with Crippen molar-refractivity contribution in [2.75, 3.05) is 0 Å². The molecule has 16 heavy (non-hydrogen) atoms. The molecule has 1 N–H and O–H groups in total. The van der Waals surface area contributed by atoms with Gasteiger partial charge in [-0.3, -0.25) is 9.52 Å². The predicted molar refractivity (Wildman–Crippen MR) is 64.8 cm³/mol. The molecule has 0 aliphatic rings. The lowest BCUT2D eigenvalue weighted by molar-refractivity contribution is -0.111. The van der Waals surface area contributed by atoms with Crippen LogP contribution >= 0.6 is 12.2 Å². The van der Waals surface area contributed by atoms with Crippen LogP contribution in [0.5, 0.6) is 0 Å². The second kappa shape index (κ2) is 4.71. The molecule has 0 heterocycles. The third kappa shape index (κ3) is 3.11. The van der Waals surface area contributed by atoms with Crippen LogP contribution in [-0.2, 0) is 14.8 Å². The van der Waals surface area contributed by atoms with Gasteiger partial charge in [-0.15, -0.1) is 0 Å². The number of hydrogen-bond acceptors (Lipinski definition) is 4. The fraction of sp³-hybridized carbons (Fsp3) is 0.200. The van der Waals surface area contributed by atoms with Crippen LogP contribution in [0.4, 0.5) is 0 Å². The Labute approximate surface area is 99.7 Å². The molecule has 0 bridgehead atoms. The van der Waals surface area contributed by atoms with Gasteiger partial charge in [-0.1, -0.05) is 29.9 Å². The summed E-state index contributed by atoms with van der Waals surface area (Å²) in [4.78, 5) is 10.6. The maximum Gasteiger partial charge on any atom is 0.262 e. The van der Waals surface area contributed by atoms with Gasteiger partial charge < -0.3 is 0 Å². The van der Waals surface area contributed by atoms with Crippen molar-refractivity contribution in [3.8, 4) is 0 Å². The summed E-state index contributed by atoms with van der Waals surface area (Å²) >= 11 is 4.61. The number of ketones is 1. The Morgan fingerprint density at radius 3 is 2.19 bits per heavy atom. The Morgan fingerprint density at radius 2 is 1.75 bits per heavy atom. The molecule has 0 aliphatic carbocycles. The maximum atomic E-state index is 11.7. The molecule has 1 aromatic carbocycles. The molecule has 86 valence electrons. The van der Waals surface area contributed by atoms with Crippen molar-refractivity contribution in [2.24, 2.45) is 0 Å². The monoisotopic (exact) mass is 257 g/mol. The van der Waals surface area contributed by atoms with E-state index in [1.165, 1.54) is 19.1 Å². The van der Waals surface area contributed by atoms with E-state index in [2.05, 4.69) is 12.2 Å². The topological polar surface area (TPSA) is 63.2 Å². The Balaban J connectivity index is 2.99. The van der Waals surface area contributed by atoms with Crippen LogP contribution in [0.25, 0.3) is 0 Å². The summed E-state index contributed by atoms with van der Waals surface area (Å²) in [5, 5.41) is 0. The molecule has 6 heteroatoms. The summed E-state index contributed by atoms with van der Waals surface area (Å²) in [5.74, 6) is -0.481. The standard InChI is InChI=1S/C10H11NO3S2/c1-7-3-5-9(6-4-7)16(13,14)11-10(15)8(2)12/h3-6H,1-2H3,(H,11,15). The van der Waals surface area contributed by atoms with Crippen molar-refractivity contribution in [1.82, 2.24) is 4.72 Å². The molecule has 1 rings (SSSR count). The number of sulfonamides is 1. The third-order valence-electron chi connectivity index (χ3n) is 1.88. The highest BCUT2D eigenvalue weighted by Crippen LogP contribution is 2.09. The van der Waals surface area contributed by atoms with Gasteiger partial charge in [0.15, 0.2) is 10.8 Å². The number of thiocarbonyl (C=S) groups is 1. The summed E-state index contributed by atoms with van der Waals surface area (Å²) < 4.78 is 25.5. The van der Waals surface area contributed by atoms with Gasteiger partial charge in [0.25, 0.3) is 10.0 Å². The van der Waals surface area contributed by atoms with E-state index >= 15 is 0 Å². The highest BCUT2D eigenvalue weighted by Gasteiger charge is 2.16. The average molecular weight is 257 g/mol. The molecular weight excluding hydrogens is 246 g/mol. The molecule has 0 saturated carbocycles. The molecular formula is C10H11NO3S2. The van der Waals surface area contributed by atoms with Gasteiger partial charge in [0, 0.05) is 6.92 Å². The van der Waals surface area contributed by atoms with Crippen molar-refractivity contribution >= 4 is 33.0 Å². The number of hydrogen-bond donors (Lipinski definition) is 1. The van der Waals surface area contributed by atoms with Crippen LogP contribution in [0.3, 0.4) is 0 Å². The van der Waals surface area contributed by atoms with Crippen LogP contribution in [0.2, 0.25) is 0 Å². The largest absolute Gasteiger partial charge is 0.292 e. The summed E-state index contributed by atoms with van der Waals surface area (Å²) in [6.07, 6.45) is 0. The molecule has 0 saturated heterocycles. The molecule has 4 nitrogen and oxygen atoms in total. The van der Waals surface area contributed by atoms with E-state index in [1.807, 2.05) is 11.6 Å². The van der Waals surface area contributed by atoms with Crippen LogP contribution < -0.4 is 4.72 Å². The predicted octanol–water partition coefficient (Wildman–Crippen LogP) is 1.19. The third-order valence-corrected chi connectivity index (χ3v) is 3.76. The molecule has 0 amide bonds. The Bertz CT molecular complexity index is 518. The molecule has 1 aromatic rings. The summed E-state index contributed by atoms with van der Waals surface area (Å²) in [6, 6.07) is 6.26. The van der Waals surface area contributed by atoms with Crippen molar-refractivity contribution in [2.45, 2.75) is 18.7 Å². The van der Waals surface area contributed by atoms with Gasteiger partial charge in [0.2, 0.25) is 0 Å². The maximum absolute atomic E-state index is 11.7. The van der Waals surface area contributed by atoms with Gasteiger partial charge in [0.05, 0.1) is 4.90 Å². The fourth-order valence-corrected chi connectivity index (χ4v) is 2.30. The molecule has 0 aromatic heterocycles. The zero-order chi connectivity index (χ0) is 12.3. The smallest absolute Gasteiger partial charge is 0.262 e. The Morgan fingerprint density at radius 1 is 1.25 bits per heavy atom. The lowest BCUT2D eigenvalue weighted by Gasteiger charge is -2.06. The Hall–Kier alpha value is -1.27. The van der Waals surface area contributed by atoms with E-state index in [0.717, 1.165) is 5.56 Å². The number of carbonyl (C=O) groups is 1. The van der Waals surface area contributed by atoms with Crippen LogP contribution in [0, 0.1) is 6.92 Å². The molecule has 0 spiro atoms. The molecule has 0 fully saturated rings. The number of nitrogens with one attached hydrogen (secondary N) is 1. The minimum Gasteiger partial charge on any atom is -0.292 e. The summed E-state index contributed by atoms with van der Waals surface area (Å²) in [6.45, 7) is 3.06. The molecule has 0 unspecified atom stereocenters. The number of rotatable bonds is 3. The lowest BCUT2D eigenvalue weighted by atomic mass is 10.2. The minimum atomic E-state index is -3.73. The number of aryl methyl sites for hydroxylation is 1. The second-order valence-electron chi connectivity index (χ2n) is 3.30. The van der Waals surface area contributed by atoms with E-state index in [4.69, 9.17) is 0 Å². The highest BCUT2D eigenvalue weighted by molar-refractivity contribution is 7.92. The fourth-order valence-electron chi connectivity index (χ4n) is 0.970. The van der Waals surface area contributed by atoms with Crippen molar-refractivity contribution in [1.29, 1.82) is 0 Å². The normalized spacial score (nSPS) is 10.9. The van der Waals surface area contributed by atoms with Gasteiger partial charge in [-0.05, 0) is 19.1 Å². The number of carbonyl (C=O) groups excluding carboxylic acids is 1. The van der Waals surface area contributed by atoms with Crippen molar-refractivity contribution < 1.29 is 13.2 Å². The average Bonchev–Trinajstić information content (AvgIpc) is 2.17. The first kappa shape index (κ1) is 12.8. The van der Waals surface area contributed by atoms with Gasteiger partial charge in [-0.2, -0.15) is 0 Å². The van der Waals surface area contributed by atoms with Crippen LogP contribution in [0.15, 0.2) is 29.2 Å². The van der Waals surface area contributed by atoms with E-state index in [1.54, 1.807) is 12.1 Å². The molecule has 0 aliphatic heterocycles. The van der Waals surface area contributed by atoms with E-state index in [-0.39, 0.29) is 9.88 Å². The SMILES string of the molecule is CC(=O)C(=S)NS(=O)(=O)c1ccc(C)cc1. The zero-order valence-corrected chi connectivity index (χ0v) is 10.5. The quantitative estimate of drug-likeness (QED) is 0.826. The second-order valence-corrected chi connectivity index (χ2v) is 5.39. The highest BCUT2D eigenvalue weighted by atomic mass is 32.2. The van der Waals surface area contributed by atoms with Crippen molar-refractivity contribution in [3.63, 3.8) is 0 Å². The summed E-state index contributed by atoms with van der Waals surface area (Å²) in [5.41, 5.74) is 0.952. The number of benzene rings is 1. The van der Waals surface area contributed by atoms with E-state index < -0.39 is 15.8 Å². The Kier molecular flexibility index (Phi) is 3.77. The lowest BCUT2D eigenvalue weighted by Crippen LogP contribution is -2.33. The minimum absolute atomic E-state index is 0.0849. The van der Waals surface area contributed by atoms with Crippen molar-refractivity contribution in [3.05, 3.63) is 29.8 Å². The van der Waals surface area contributed by atoms with Crippen LogP contribution in [-0.4, -0.2) is 19.2 Å². The van der Waals surface area contributed by atoms with Gasteiger partial charge in [-0.25, -0.2) is 8.42 Å². The molecule has 0 radical (unpaired) electrons. The first-order chi connectivity index (χ1) is 7.33. The first-order valence-electron chi connectivity index (χ1n) is 4.47. The first-order valence-corrected chi connectivity index (χ1v) is 6.36. The van der Waals surface area contributed by atoms with E-state index in [9.17, 15) is 13.2 Å². The van der Waals surface area contributed by atoms with Crippen LogP contribution in [0.1, 0.15) is 12.5 Å².